The summed E-state index contributed by atoms with van der Waals surface area (Å²) in [6, 6.07) is -1.13. The number of hydrogen-bond acceptors (Lipinski definition) is 4. The molecule has 1 aliphatic rings. The Labute approximate surface area is 88.6 Å². The summed E-state index contributed by atoms with van der Waals surface area (Å²) in [6.07, 6.45) is -0.930. The summed E-state index contributed by atoms with van der Waals surface area (Å²) in [5.74, 6) is -1.21. The average Bonchev–Trinajstić information content (AvgIpc) is 2.47. The van der Waals surface area contributed by atoms with Crippen LogP contribution in [-0.2, 0) is 14.8 Å². The molecule has 88 valence electrons. The summed E-state index contributed by atoms with van der Waals surface area (Å²) in [5, 5.41) is 17.4. The predicted octanol–water partition coefficient (Wildman–Crippen LogP) is -0.756. The first-order chi connectivity index (χ1) is 6.76. The van der Waals surface area contributed by atoms with Crippen molar-refractivity contribution in [3.05, 3.63) is 0 Å². The Bertz CT molecular complexity index is 350. The van der Waals surface area contributed by atoms with Crippen molar-refractivity contribution >= 4 is 16.0 Å². The number of aliphatic carboxylic acids is 1. The number of rotatable bonds is 3. The molecular weight excluding hydrogens is 222 g/mol. The molecule has 0 aromatic heterocycles. The molecular formula is C8H15NO5S. The van der Waals surface area contributed by atoms with Gasteiger partial charge in [-0.05, 0) is 13.8 Å². The smallest absolute Gasteiger partial charge is 0.322 e. The number of aliphatic hydroxyl groups is 1. The van der Waals surface area contributed by atoms with E-state index in [-0.39, 0.29) is 13.0 Å². The zero-order chi connectivity index (χ0) is 11.8. The average molecular weight is 237 g/mol. The van der Waals surface area contributed by atoms with E-state index in [0.717, 1.165) is 4.31 Å². The molecule has 7 heteroatoms. The van der Waals surface area contributed by atoms with Gasteiger partial charge in [0, 0.05) is 13.0 Å². The van der Waals surface area contributed by atoms with Gasteiger partial charge in [-0.2, -0.15) is 4.31 Å². The van der Waals surface area contributed by atoms with Crippen LogP contribution in [0.1, 0.15) is 20.3 Å². The standard InChI is InChI=1S/C8H15NO5S/c1-5(2)15(13,14)9-4-6(10)3-7(9)8(11)12/h5-7,10H,3-4H2,1-2H3,(H,11,12)/t6-,7-/m1/s1. The lowest BCUT2D eigenvalue weighted by Crippen LogP contribution is -2.43. The SMILES string of the molecule is CC(C)S(=O)(=O)N1C[C@H](O)C[C@@H]1C(=O)O. The fourth-order valence-electron chi connectivity index (χ4n) is 1.56. The molecule has 15 heavy (non-hydrogen) atoms. The number of carbonyl (C=O) groups is 1. The van der Waals surface area contributed by atoms with Crippen molar-refractivity contribution in [1.29, 1.82) is 0 Å². The lowest BCUT2D eigenvalue weighted by Gasteiger charge is -2.22. The Balaban J connectivity index is 2.99. The Morgan fingerprint density at radius 3 is 2.40 bits per heavy atom. The van der Waals surface area contributed by atoms with Crippen molar-refractivity contribution in [2.24, 2.45) is 0 Å². The van der Waals surface area contributed by atoms with Crippen molar-refractivity contribution in [3.8, 4) is 0 Å². The highest BCUT2D eigenvalue weighted by Crippen LogP contribution is 2.24. The molecule has 2 atom stereocenters. The first-order valence-corrected chi connectivity index (χ1v) is 6.18. The third-order valence-corrected chi connectivity index (χ3v) is 4.69. The highest BCUT2D eigenvalue weighted by Gasteiger charge is 2.43. The maximum Gasteiger partial charge on any atom is 0.322 e. The Hall–Kier alpha value is -0.660. The third-order valence-electron chi connectivity index (χ3n) is 2.44. The summed E-state index contributed by atoms with van der Waals surface area (Å²) < 4.78 is 24.4. The van der Waals surface area contributed by atoms with E-state index in [0.29, 0.717) is 0 Å². The molecule has 1 rings (SSSR count). The van der Waals surface area contributed by atoms with Gasteiger partial charge in [0.1, 0.15) is 6.04 Å². The van der Waals surface area contributed by atoms with Crippen molar-refractivity contribution in [2.45, 2.75) is 37.7 Å². The van der Waals surface area contributed by atoms with Crippen LogP contribution in [0, 0.1) is 0 Å². The highest BCUT2D eigenvalue weighted by atomic mass is 32.2. The van der Waals surface area contributed by atoms with Gasteiger partial charge in [0.2, 0.25) is 10.0 Å². The monoisotopic (exact) mass is 237 g/mol. The van der Waals surface area contributed by atoms with Crippen LogP contribution >= 0.6 is 0 Å². The van der Waals surface area contributed by atoms with E-state index < -0.39 is 33.4 Å². The van der Waals surface area contributed by atoms with Crippen LogP contribution in [0.15, 0.2) is 0 Å². The minimum atomic E-state index is -3.61. The molecule has 0 aromatic carbocycles. The highest BCUT2D eigenvalue weighted by molar-refractivity contribution is 7.89. The van der Waals surface area contributed by atoms with Gasteiger partial charge < -0.3 is 10.2 Å². The molecule has 1 fully saturated rings. The molecule has 0 saturated carbocycles. The van der Waals surface area contributed by atoms with Gasteiger partial charge in [0.15, 0.2) is 0 Å². The van der Waals surface area contributed by atoms with Gasteiger partial charge in [0.25, 0.3) is 0 Å². The van der Waals surface area contributed by atoms with Gasteiger partial charge in [0.05, 0.1) is 11.4 Å². The van der Waals surface area contributed by atoms with Crippen molar-refractivity contribution < 1.29 is 23.4 Å². The summed E-state index contributed by atoms with van der Waals surface area (Å²) in [5.41, 5.74) is 0. The van der Waals surface area contributed by atoms with Crippen molar-refractivity contribution in [3.63, 3.8) is 0 Å². The van der Waals surface area contributed by atoms with Crippen LogP contribution < -0.4 is 0 Å². The topological polar surface area (TPSA) is 94.9 Å². The number of sulfonamides is 1. The van der Waals surface area contributed by atoms with Gasteiger partial charge in [-0.25, -0.2) is 8.42 Å². The Morgan fingerprint density at radius 1 is 1.47 bits per heavy atom. The molecule has 0 aromatic rings. The zero-order valence-corrected chi connectivity index (χ0v) is 9.44. The van der Waals surface area contributed by atoms with Gasteiger partial charge in [-0.3, -0.25) is 4.79 Å². The fraction of sp³-hybridized carbons (Fsp3) is 0.875. The molecule has 0 radical (unpaired) electrons. The van der Waals surface area contributed by atoms with Crippen LogP contribution in [-0.4, -0.2) is 52.8 Å². The van der Waals surface area contributed by atoms with E-state index in [1.807, 2.05) is 0 Å². The van der Waals surface area contributed by atoms with Crippen LogP contribution in [0.3, 0.4) is 0 Å². The van der Waals surface area contributed by atoms with Crippen molar-refractivity contribution in [1.82, 2.24) is 4.31 Å². The van der Waals surface area contributed by atoms with Crippen LogP contribution in [0.4, 0.5) is 0 Å². The minimum absolute atomic E-state index is 0.0404. The van der Waals surface area contributed by atoms with Crippen LogP contribution in [0.25, 0.3) is 0 Å². The lowest BCUT2D eigenvalue weighted by molar-refractivity contribution is -0.140. The Morgan fingerprint density at radius 2 is 2.00 bits per heavy atom. The predicted molar refractivity (Wildman–Crippen MR) is 52.8 cm³/mol. The normalized spacial score (nSPS) is 28.5. The third kappa shape index (κ3) is 2.30. The van der Waals surface area contributed by atoms with E-state index in [1.165, 1.54) is 13.8 Å². The summed E-state index contributed by atoms with van der Waals surface area (Å²) in [6.45, 7) is 2.84. The number of hydrogen-bond donors (Lipinski definition) is 2. The Kier molecular flexibility index (Phi) is 3.37. The van der Waals surface area contributed by atoms with E-state index in [4.69, 9.17) is 5.11 Å². The van der Waals surface area contributed by atoms with Crippen LogP contribution in [0.5, 0.6) is 0 Å². The quantitative estimate of drug-likeness (QED) is 0.673. The number of aliphatic hydroxyl groups excluding tert-OH is 1. The second-order valence-electron chi connectivity index (χ2n) is 3.91. The molecule has 0 amide bonds. The minimum Gasteiger partial charge on any atom is -0.480 e. The van der Waals surface area contributed by atoms with E-state index in [9.17, 15) is 18.3 Å². The van der Waals surface area contributed by atoms with E-state index in [1.54, 1.807) is 0 Å². The van der Waals surface area contributed by atoms with Gasteiger partial charge in [-0.15, -0.1) is 0 Å². The van der Waals surface area contributed by atoms with E-state index >= 15 is 0 Å². The number of β-amino-alcohol motifs (C(OH)–C–C–N with tert-alkyl or cyclic N) is 1. The van der Waals surface area contributed by atoms with Gasteiger partial charge in [-0.1, -0.05) is 0 Å². The molecule has 1 saturated heterocycles. The number of carboxylic acids is 1. The zero-order valence-electron chi connectivity index (χ0n) is 8.62. The first kappa shape index (κ1) is 12.4. The largest absolute Gasteiger partial charge is 0.480 e. The fourth-order valence-corrected chi connectivity index (χ4v) is 3.01. The maximum absolute atomic E-state index is 11.7. The summed E-state index contributed by atoms with van der Waals surface area (Å²) >= 11 is 0. The lowest BCUT2D eigenvalue weighted by atomic mass is 10.2. The maximum atomic E-state index is 11.7. The molecule has 0 spiro atoms. The molecule has 1 heterocycles. The van der Waals surface area contributed by atoms with Crippen molar-refractivity contribution in [2.75, 3.05) is 6.54 Å². The number of carboxylic acid groups (broad SMARTS) is 1. The second kappa shape index (κ2) is 4.07. The second-order valence-corrected chi connectivity index (χ2v) is 6.35. The number of nitrogens with zero attached hydrogens (tertiary/aromatic N) is 1. The molecule has 0 aliphatic carbocycles. The first-order valence-electron chi connectivity index (χ1n) is 4.68. The molecule has 6 nitrogen and oxygen atoms in total. The summed E-state index contributed by atoms with van der Waals surface area (Å²) in [7, 11) is -3.61. The molecule has 2 N–H and O–H groups in total. The summed E-state index contributed by atoms with van der Waals surface area (Å²) in [4.78, 5) is 10.8. The molecule has 0 unspecified atom stereocenters. The van der Waals surface area contributed by atoms with Gasteiger partial charge >= 0.3 is 5.97 Å². The molecule has 0 bridgehead atoms. The van der Waals surface area contributed by atoms with Crippen LogP contribution in [0.2, 0.25) is 0 Å². The molecule has 1 aliphatic heterocycles. The van der Waals surface area contributed by atoms with E-state index in [2.05, 4.69) is 0 Å².